The van der Waals surface area contributed by atoms with Crippen molar-refractivity contribution in [2.24, 2.45) is 5.84 Å². The van der Waals surface area contributed by atoms with Gasteiger partial charge in [-0.3, -0.25) is 0 Å². The Balaban J connectivity index is 3.25. The molecule has 0 fully saturated rings. The molecule has 0 aliphatic heterocycles. The Labute approximate surface area is 81.7 Å². The maximum absolute atomic E-state index is 12.2. The topological polar surface area (TPSA) is 88.2 Å². The van der Waals surface area contributed by atoms with Crippen LogP contribution >= 0.6 is 0 Å². The molecule has 0 radical (unpaired) electrons. The minimum Gasteiger partial charge on any atom is -0.478 e. The SMILES string of the molecule is NNc1nc(C(F)(F)F)ccc1C(=O)O. The number of nitrogen functional groups attached to an aromatic ring is 1. The Kier molecular flexibility index (Phi) is 2.80. The highest BCUT2D eigenvalue weighted by Gasteiger charge is 2.33. The van der Waals surface area contributed by atoms with Crippen LogP contribution < -0.4 is 11.3 Å². The number of pyridine rings is 1. The predicted octanol–water partition coefficient (Wildman–Crippen LogP) is 1.08. The van der Waals surface area contributed by atoms with Crippen molar-refractivity contribution in [1.82, 2.24) is 4.98 Å². The molecule has 0 amide bonds. The number of hydrogen-bond acceptors (Lipinski definition) is 4. The van der Waals surface area contributed by atoms with Crippen LogP contribution in [0.5, 0.6) is 0 Å². The molecule has 82 valence electrons. The number of anilines is 1. The fourth-order valence-electron chi connectivity index (χ4n) is 0.900. The molecule has 0 aliphatic rings. The summed E-state index contributed by atoms with van der Waals surface area (Å²) in [5.74, 6) is 2.91. The zero-order valence-corrected chi connectivity index (χ0v) is 7.17. The average molecular weight is 221 g/mol. The molecule has 4 N–H and O–H groups in total. The van der Waals surface area contributed by atoms with Gasteiger partial charge in [0.25, 0.3) is 0 Å². The van der Waals surface area contributed by atoms with Crippen molar-refractivity contribution >= 4 is 11.8 Å². The first-order valence-corrected chi connectivity index (χ1v) is 3.64. The summed E-state index contributed by atoms with van der Waals surface area (Å²) in [6.07, 6.45) is -4.64. The molecule has 5 nitrogen and oxygen atoms in total. The van der Waals surface area contributed by atoms with Gasteiger partial charge in [-0.15, -0.1) is 0 Å². The summed E-state index contributed by atoms with van der Waals surface area (Å²) in [5, 5.41) is 8.57. The molecule has 15 heavy (non-hydrogen) atoms. The summed E-state index contributed by atoms with van der Waals surface area (Å²) in [5.41, 5.74) is 0.164. The molecule has 1 aromatic heterocycles. The number of nitrogens with one attached hydrogen (secondary N) is 1. The van der Waals surface area contributed by atoms with Crippen molar-refractivity contribution in [2.45, 2.75) is 6.18 Å². The molecular formula is C7H6F3N3O2. The number of carbonyl (C=O) groups is 1. The number of nitrogens with two attached hydrogens (primary N) is 1. The van der Waals surface area contributed by atoms with Crippen LogP contribution in [-0.4, -0.2) is 16.1 Å². The van der Waals surface area contributed by atoms with Gasteiger partial charge in [0, 0.05) is 0 Å². The predicted molar refractivity (Wildman–Crippen MR) is 44.0 cm³/mol. The average Bonchev–Trinajstić information content (AvgIpc) is 2.15. The molecule has 0 aliphatic carbocycles. The number of aromatic carboxylic acids is 1. The summed E-state index contributed by atoms with van der Waals surface area (Å²) in [6, 6.07) is 1.36. The fourth-order valence-corrected chi connectivity index (χ4v) is 0.900. The third-order valence-corrected chi connectivity index (χ3v) is 1.55. The van der Waals surface area contributed by atoms with Gasteiger partial charge in [0.1, 0.15) is 11.3 Å². The number of halogens is 3. The highest BCUT2D eigenvalue weighted by Crippen LogP contribution is 2.29. The lowest BCUT2D eigenvalue weighted by atomic mass is 10.2. The number of carboxylic acid groups (broad SMARTS) is 1. The van der Waals surface area contributed by atoms with E-state index in [2.05, 4.69) is 4.98 Å². The lowest BCUT2D eigenvalue weighted by Gasteiger charge is -2.09. The maximum atomic E-state index is 12.2. The van der Waals surface area contributed by atoms with Crippen LogP contribution in [0.25, 0.3) is 0 Å². The van der Waals surface area contributed by atoms with Gasteiger partial charge < -0.3 is 10.5 Å². The standard InChI is InChI=1S/C7H6F3N3O2/c8-7(9,10)4-2-1-3(6(14)15)5(12-4)13-11/h1-2H,11H2,(H,12,13)(H,14,15). The molecule has 0 unspecified atom stereocenters. The van der Waals surface area contributed by atoms with E-state index in [-0.39, 0.29) is 0 Å². The molecular weight excluding hydrogens is 215 g/mol. The van der Waals surface area contributed by atoms with Crippen molar-refractivity contribution < 1.29 is 23.1 Å². The third kappa shape index (κ3) is 2.34. The first kappa shape index (κ1) is 11.2. The normalized spacial score (nSPS) is 11.2. The summed E-state index contributed by atoms with van der Waals surface area (Å²) in [6.45, 7) is 0. The lowest BCUT2D eigenvalue weighted by molar-refractivity contribution is -0.141. The van der Waals surface area contributed by atoms with Crippen LogP contribution in [0.15, 0.2) is 12.1 Å². The van der Waals surface area contributed by atoms with Gasteiger partial charge in [0.05, 0.1) is 0 Å². The number of carboxylic acids is 1. The van der Waals surface area contributed by atoms with Gasteiger partial charge in [-0.2, -0.15) is 13.2 Å². The highest BCUT2D eigenvalue weighted by atomic mass is 19.4. The minimum atomic E-state index is -4.64. The Hall–Kier alpha value is -1.83. The van der Waals surface area contributed by atoms with Gasteiger partial charge in [-0.25, -0.2) is 15.6 Å². The largest absolute Gasteiger partial charge is 0.478 e. The van der Waals surface area contributed by atoms with Crippen molar-refractivity contribution in [2.75, 3.05) is 5.43 Å². The number of rotatable bonds is 2. The van der Waals surface area contributed by atoms with Gasteiger partial charge in [-0.1, -0.05) is 0 Å². The fraction of sp³-hybridized carbons (Fsp3) is 0.143. The van der Waals surface area contributed by atoms with E-state index in [1.165, 1.54) is 0 Å². The van der Waals surface area contributed by atoms with E-state index in [4.69, 9.17) is 10.9 Å². The monoisotopic (exact) mass is 221 g/mol. The number of alkyl halides is 3. The summed E-state index contributed by atoms with van der Waals surface area (Å²) in [4.78, 5) is 13.6. The molecule has 0 atom stereocenters. The molecule has 0 saturated carbocycles. The molecule has 1 heterocycles. The van der Waals surface area contributed by atoms with Crippen LogP contribution in [-0.2, 0) is 6.18 Å². The van der Waals surface area contributed by atoms with E-state index >= 15 is 0 Å². The zero-order valence-electron chi connectivity index (χ0n) is 7.17. The van der Waals surface area contributed by atoms with Crippen LogP contribution in [0, 0.1) is 0 Å². The maximum Gasteiger partial charge on any atom is 0.433 e. The Morgan fingerprint density at radius 3 is 2.47 bits per heavy atom. The van der Waals surface area contributed by atoms with Crippen LogP contribution in [0.4, 0.5) is 19.0 Å². The smallest absolute Gasteiger partial charge is 0.433 e. The second-order valence-electron chi connectivity index (χ2n) is 2.54. The second kappa shape index (κ2) is 3.73. The van der Waals surface area contributed by atoms with E-state index in [0.717, 1.165) is 6.07 Å². The minimum absolute atomic E-state index is 0.425. The number of aromatic nitrogens is 1. The van der Waals surface area contributed by atoms with E-state index in [1.54, 1.807) is 5.43 Å². The Morgan fingerprint density at radius 2 is 2.07 bits per heavy atom. The molecule has 1 aromatic rings. The van der Waals surface area contributed by atoms with Crippen molar-refractivity contribution in [3.63, 3.8) is 0 Å². The zero-order chi connectivity index (χ0) is 11.6. The van der Waals surface area contributed by atoms with E-state index in [1.807, 2.05) is 0 Å². The summed E-state index contributed by atoms with van der Waals surface area (Å²) >= 11 is 0. The van der Waals surface area contributed by atoms with Gasteiger partial charge in [0.2, 0.25) is 0 Å². The lowest BCUT2D eigenvalue weighted by Crippen LogP contribution is -2.17. The van der Waals surface area contributed by atoms with Gasteiger partial charge in [-0.05, 0) is 12.1 Å². The first-order valence-electron chi connectivity index (χ1n) is 3.64. The van der Waals surface area contributed by atoms with Crippen molar-refractivity contribution in [3.05, 3.63) is 23.4 Å². The summed E-state index contributed by atoms with van der Waals surface area (Å²) in [7, 11) is 0. The van der Waals surface area contributed by atoms with E-state index in [9.17, 15) is 18.0 Å². The van der Waals surface area contributed by atoms with Crippen molar-refractivity contribution in [3.8, 4) is 0 Å². The summed E-state index contributed by atoms with van der Waals surface area (Å²) < 4.78 is 36.5. The van der Waals surface area contributed by atoms with E-state index < -0.39 is 29.2 Å². The van der Waals surface area contributed by atoms with Gasteiger partial charge >= 0.3 is 12.1 Å². The number of nitrogens with zero attached hydrogens (tertiary/aromatic N) is 1. The van der Waals surface area contributed by atoms with Gasteiger partial charge in [0.15, 0.2) is 5.82 Å². The third-order valence-electron chi connectivity index (χ3n) is 1.55. The number of hydrogen-bond donors (Lipinski definition) is 3. The quantitative estimate of drug-likeness (QED) is 0.513. The van der Waals surface area contributed by atoms with Crippen LogP contribution in [0.3, 0.4) is 0 Å². The molecule has 0 bridgehead atoms. The van der Waals surface area contributed by atoms with E-state index in [0.29, 0.717) is 6.07 Å². The number of hydrazine groups is 1. The molecule has 0 aromatic carbocycles. The van der Waals surface area contributed by atoms with Crippen LogP contribution in [0.1, 0.15) is 16.1 Å². The first-order chi connectivity index (χ1) is 6.86. The Bertz CT molecular complexity index is 392. The molecule has 0 saturated heterocycles. The highest BCUT2D eigenvalue weighted by molar-refractivity contribution is 5.92. The second-order valence-corrected chi connectivity index (χ2v) is 2.54. The van der Waals surface area contributed by atoms with Crippen LogP contribution in [0.2, 0.25) is 0 Å². The Morgan fingerprint density at radius 1 is 1.47 bits per heavy atom. The molecule has 8 heteroatoms. The molecule has 1 rings (SSSR count). The van der Waals surface area contributed by atoms with Crippen molar-refractivity contribution in [1.29, 1.82) is 0 Å². The molecule has 0 spiro atoms.